The Morgan fingerprint density at radius 1 is 0.339 bits per heavy atom. The van der Waals surface area contributed by atoms with E-state index in [1.54, 1.807) is 0 Å². The molecule has 56 heavy (non-hydrogen) atoms. The summed E-state index contributed by atoms with van der Waals surface area (Å²) in [7, 11) is 0. The van der Waals surface area contributed by atoms with Crippen molar-refractivity contribution in [2.24, 2.45) is 0 Å². The van der Waals surface area contributed by atoms with Crippen LogP contribution in [0, 0.1) is 0 Å². The molecule has 4 nitrogen and oxygen atoms in total. The van der Waals surface area contributed by atoms with Crippen LogP contribution in [0.15, 0.2) is 206 Å². The van der Waals surface area contributed by atoms with Crippen molar-refractivity contribution in [3.63, 3.8) is 0 Å². The maximum absolute atomic E-state index is 5.28. The molecule has 8 aromatic carbocycles. The Hall–Kier alpha value is -7.43. The van der Waals surface area contributed by atoms with Crippen molar-refractivity contribution < 1.29 is 0 Å². The molecule has 0 fully saturated rings. The van der Waals surface area contributed by atoms with E-state index in [2.05, 4.69) is 174 Å². The van der Waals surface area contributed by atoms with Crippen molar-refractivity contribution >= 4 is 21.8 Å². The van der Waals surface area contributed by atoms with Gasteiger partial charge in [-0.1, -0.05) is 188 Å². The summed E-state index contributed by atoms with van der Waals surface area (Å²) in [5.41, 5.74) is 13.2. The zero-order chi connectivity index (χ0) is 37.1. The molecule has 1 aliphatic carbocycles. The summed E-state index contributed by atoms with van der Waals surface area (Å²) in [5, 5.41) is 2.28. The van der Waals surface area contributed by atoms with Gasteiger partial charge in [0.2, 0.25) is 5.95 Å². The molecule has 0 atom stereocenters. The molecule has 0 unspecified atom stereocenters. The largest absolute Gasteiger partial charge is 0.278 e. The van der Waals surface area contributed by atoms with E-state index in [0.717, 1.165) is 44.1 Å². The van der Waals surface area contributed by atoms with Gasteiger partial charge in [-0.25, -0.2) is 4.98 Å². The van der Waals surface area contributed by atoms with Gasteiger partial charge in [-0.3, -0.25) is 4.57 Å². The Bertz CT molecular complexity index is 2950. The predicted octanol–water partition coefficient (Wildman–Crippen LogP) is 12.3. The van der Waals surface area contributed by atoms with E-state index < -0.39 is 5.41 Å². The van der Waals surface area contributed by atoms with Gasteiger partial charge in [0, 0.05) is 21.9 Å². The third-order valence-electron chi connectivity index (χ3n) is 11.3. The van der Waals surface area contributed by atoms with Crippen molar-refractivity contribution in [1.29, 1.82) is 0 Å². The SMILES string of the molecule is c1ccc(-c2ccc3c4cc5c(cc4n(-c4nc(-c6ccccc6)nc(-c6ccccc6)n4)c3c2)-c2ccccc2C5(c2ccccc2)c2ccccc2)cc1. The molecule has 11 rings (SSSR count). The fourth-order valence-corrected chi connectivity index (χ4v) is 8.87. The molecule has 0 bridgehead atoms. The summed E-state index contributed by atoms with van der Waals surface area (Å²) >= 11 is 0. The minimum Gasteiger partial charge on any atom is -0.278 e. The van der Waals surface area contributed by atoms with Crippen molar-refractivity contribution in [2.75, 3.05) is 0 Å². The molecule has 0 N–H and O–H groups in total. The van der Waals surface area contributed by atoms with Gasteiger partial charge >= 0.3 is 0 Å². The molecule has 10 aromatic rings. The maximum atomic E-state index is 5.28. The van der Waals surface area contributed by atoms with Gasteiger partial charge in [-0.05, 0) is 62.7 Å². The number of fused-ring (bicyclic) bond motifs is 6. The first kappa shape index (κ1) is 32.0. The molecule has 0 saturated heterocycles. The quantitative estimate of drug-likeness (QED) is 0.172. The van der Waals surface area contributed by atoms with Gasteiger partial charge in [0.25, 0.3) is 0 Å². The van der Waals surface area contributed by atoms with Gasteiger partial charge in [0.15, 0.2) is 11.6 Å². The average Bonchev–Trinajstić information content (AvgIpc) is 3.76. The molecule has 2 heterocycles. The van der Waals surface area contributed by atoms with Crippen LogP contribution < -0.4 is 0 Å². The molecule has 2 aromatic heterocycles. The minimum atomic E-state index is -0.519. The molecule has 4 heteroatoms. The molecule has 1 aliphatic rings. The molecule has 0 amide bonds. The lowest BCUT2D eigenvalue weighted by Gasteiger charge is -2.33. The van der Waals surface area contributed by atoms with E-state index in [1.807, 2.05) is 36.4 Å². The van der Waals surface area contributed by atoms with E-state index >= 15 is 0 Å². The maximum Gasteiger partial charge on any atom is 0.238 e. The van der Waals surface area contributed by atoms with E-state index in [-0.39, 0.29) is 0 Å². The van der Waals surface area contributed by atoms with Crippen molar-refractivity contribution in [3.8, 4) is 51.0 Å². The van der Waals surface area contributed by atoms with Crippen molar-refractivity contribution in [3.05, 3.63) is 229 Å². The molecular formula is C52H34N4. The number of nitrogens with zero attached hydrogens (tertiary/aromatic N) is 4. The Labute approximate surface area is 325 Å². The molecule has 0 saturated carbocycles. The Morgan fingerprint density at radius 2 is 0.839 bits per heavy atom. The topological polar surface area (TPSA) is 43.6 Å². The third kappa shape index (κ3) is 4.89. The molecule has 0 aliphatic heterocycles. The van der Waals surface area contributed by atoms with Crippen LogP contribution >= 0.6 is 0 Å². The highest BCUT2D eigenvalue weighted by Gasteiger charge is 2.46. The van der Waals surface area contributed by atoms with E-state index in [0.29, 0.717) is 17.6 Å². The monoisotopic (exact) mass is 714 g/mol. The molecule has 262 valence electrons. The molecular weight excluding hydrogens is 681 g/mol. The second kappa shape index (κ2) is 12.9. The average molecular weight is 715 g/mol. The summed E-state index contributed by atoms with van der Waals surface area (Å²) in [5.74, 6) is 1.83. The molecule has 0 radical (unpaired) electrons. The zero-order valence-corrected chi connectivity index (χ0v) is 30.4. The highest BCUT2D eigenvalue weighted by atomic mass is 15.2. The first-order chi connectivity index (χ1) is 27.8. The van der Waals surface area contributed by atoms with Crippen LogP contribution in [0.4, 0.5) is 0 Å². The highest BCUT2D eigenvalue weighted by molar-refractivity contribution is 6.12. The number of hydrogen-bond donors (Lipinski definition) is 0. The third-order valence-corrected chi connectivity index (χ3v) is 11.3. The van der Waals surface area contributed by atoms with Crippen molar-refractivity contribution in [2.45, 2.75) is 5.41 Å². The van der Waals surface area contributed by atoms with E-state index in [1.165, 1.54) is 33.4 Å². The first-order valence-electron chi connectivity index (χ1n) is 19.0. The van der Waals surface area contributed by atoms with Crippen LogP contribution in [0.1, 0.15) is 22.3 Å². The zero-order valence-electron chi connectivity index (χ0n) is 30.4. The van der Waals surface area contributed by atoms with Crippen molar-refractivity contribution in [1.82, 2.24) is 19.5 Å². The Balaban J connectivity index is 1.27. The summed E-state index contributed by atoms with van der Waals surface area (Å²) in [6, 6.07) is 73.5. The number of benzene rings is 8. The highest BCUT2D eigenvalue weighted by Crippen LogP contribution is 2.57. The summed E-state index contributed by atoms with van der Waals surface area (Å²) in [4.78, 5) is 15.6. The van der Waals surface area contributed by atoms with Crippen LogP contribution in [0.5, 0.6) is 0 Å². The fourth-order valence-electron chi connectivity index (χ4n) is 8.87. The van der Waals surface area contributed by atoms with Gasteiger partial charge in [0.1, 0.15) is 0 Å². The van der Waals surface area contributed by atoms with Gasteiger partial charge in [0.05, 0.1) is 16.4 Å². The standard InChI is InChI=1S/C52H34N4/c1-6-18-35(19-7-1)38-30-31-42-44-33-46-43(41-28-16-17-29-45(41)52(46,39-24-12-4-13-25-39)40-26-14-5-15-27-40)34-48(44)56(47(42)32-38)51-54-49(36-20-8-2-9-21-36)53-50(55-51)37-22-10-3-11-23-37/h1-34H. The summed E-state index contributed by atoms with van der Waals surface area (Å²) in [6.07, 6.45) is 0. The van der Waals surface area contributed by atoms with Crippen LogP contribution in [0.3, 0.4) is 0 Å². The van der Waals surface area contributed by atoms with E-state index in [4.69, 9.17) is 15.0 Å². The fraction of sp³-hybridized carbons (Fsp3) is 0.0192. The lowest BCUT2D eigenvalue weighted by Crippen LogP contribution is -2.28. The second-order valence-electron chi connectivity index (χ2n) is 14.4. The van der Waals surface area contributed by atoms with Crippen LogP contribution in [0.25, 0.3) is 72.8 Å². The van der Waals surface area contributed by atoms with Crippen LogP contribution in [-0.2, 0) is 5.41 Å². The Kier molecular flexibility index (Phi) is 7.36. The second-order valence-corrected chi connectivity index (χ2v) is 14.4. The lowest BCUT2D eigenvalue weighted by molar-refractivity contribution is 0.769. The van der Waals surface area contributed by atoms with Gasteiger partial charge in [-0.15, -0.1) is 0 Å². The number of hydrogen-bond acceptors (Lipinski definition) is 3. The minimum absolute atomic E-state index is 0.519. The van der Waals surface area contributed by atoms with Gasteiger partial charge in [-0.2, -0.15) is 9.97 Å². The summed E-state index contributed by atoms with van der Waals surface area (Å²) < 4.78 is 2.26. The smallest absolute Gasteiger partial charge is 0.238 e. The van der Waals surface area contributed by atoms with E-state index in [9.17, 15) is 0 Å². The predicted molar refractivity (Wildman–Crippen MR) is 228 cm³/mol. The van der Waals surface area contributed by atoms with Gasteiger partial charge < -0.3 is 0 Å². The van der Waals surface area contributed by atoms with Crippen LogP contribution in [-0.4, -0.2) is 19.5 Å². The summed E-state index contributed by atoms with van der Waals surface area (Å²) in [6.45, 7) is 0. The first-order valence-corrected chi connectivity index (χ1v) is 19.0. The number of rotatable bonds is 6. The lowest BCUT2D eigenvalue weighted by atomic mass is 9.67. The normalized spacial score (nSPS) is 12.8. The molecule has 0 spiro atoms. The Morgan fingerprint density at radius 3 is 1.43 bits per heavy atom. The van der Waals surface area contributed by atoms with Crippen LogP contribution in [0.2, 0.25) is 0 Å². The number of aromatic nitrogens is 4.